The van der Waals surface area contributed by atoms with Gasteiger partial charge in [0, 0.05) is 15.2 Å². The van der Waals surface area contributed by atoms with Crippen molar-refractivity contribution in [2.24, 2.45) is 5.10 Å². The lowest BCUT2D eigenvalue weighted by atomic mass is 10.2. The number of halogens is 2. The van der Waals surface area contributed by atoms with Gasteiger partial charge in [-0.05, 0) is 93.0 Å². The number of benzene rings is 3. The van der Waals surface area contributed by atoms with Crippen LogP contribution >= 0.6 is 38.5 Å². The summed E-state index contributed by atoms with van der Waals surface area (Å²) in [7, 11) is 3.05. The van der Waals surface area contributed by atoms with Crippen molar-refractivity contribution in [2.45, 2.75) is 13.5 Å². The van der Waals surface area contributed by atoms with E-state index in [9.17, 15) is 4.79 Å². The van der Waals surface area contributed by atoms with E-state index in [0.29, 0.717) is 46.2 Å². The zero-order valence-electron chi connectivity index (χ0n) is 18.9. The second-order valence-corrected chi connectivity index (χ2v) is 9.08. The minimum Gasteiger partial charge on any atom is -0.497 e. The molecule has 0 heterocycles. The molecular formula is C25H24BrIN2O5. The van der Waals surface area contributed by atoms with Crippen LogP contribution in [0.25, 0.3) is 0 Å². The highest BCUT2D eigenvalue weighted by atomic mass is 127. The average molecular weight is 639 g/mol. The van der Waals surface area contributed by atoms with E-state index in [2.05, 4.69) is 49.0 Å². The van der Waals surface area contributed by atoms with E-state index in [1.165, 1.54) is 24.0 Å². The number of hydrazone groups is 1. The minimum atomic E-state index is -0.393. The molecule has 0 aliphatic rings. The van der Waals surface area contributed by atoms with Crippen molar-refractivity contribution in [3.8, 4) is 23.0 Å². The quantitative estimate of drug-likeness (QED) is 0.172. The Kier molecular flexibility index (Phi) is 9.58. The summed E-state index contributed by atoms with van der Waals surface area (Å²) >= 11 is 5.83. The summed E-state index contributed by atoms with van der Waals surface area (Å²) in [6, 6.07) is 16.7. The van der Waals surface area contributed by atoms with Gasteiger partial charge in [-0.1, -0.05) is 12.1 Å². The van der Waals surface area contributed by atoms with Crippen LogP contribution in [-0.2, 0) is 6.61 Å². The zero-order valence-corrected chi connectivity index (χ0v) is 22.7. The van der Waals surface area contributed by atoms with Crippen LogP contribution in [0, 0.1) is 3.57 Å². The first kappa shape index (κ1) is 25.8. The molecule has 0 spiro atoms. The molecule has 9 heteroatoms. The maximum Gasteiger partial charge on any atom is 0.271 e. The number of methoxy groups -OCH3 is 2. The zero-order chi connectivity index (χ0) is 24.5. The first-order chi connectivity index (χ1) is 16.4. The van der Waals surface area contributed by atoms with Crippen LogP contribution in [0.3, 0.4) is 0 Å². The lowest BCUT2D eigenvalue weighted by Crippen LogP contribution is -2.17. The molecule has 0 fully saturated rings. The van der Waals surface area contributed by atoms with E-state index >= 15 is 0 Å². The fraction of sp³-hybridized carbons (Fsp3) is 0.200. The molecule has 0 bridgehead atoms. The molecule has 0 unspecified atom stereocenters. The van der Waals surface area contributed by atoms with Crippen molar-refractivity contribution in [2.75, 3.05) is 20.8 Å². The van der Waals surface area contributed by atoms with Crippen molar-refractivity contribution < 1.29 is 23.7 Å². The molecule has 0 aliphatic heterocycles. The molecule has 3 aromatic rings. The summed E-state index contributed by atoms with van der Waals surface area (Å²) in [5.41, 5.74) is 4.66. The van der Waals surface area contributed by atoms with Gasteiger partial charge in [-0.15, -0.1) is 0 Å². The largest absolute Gasteiger partial charge is 0.497 e. The third-order valence-corrected chi connectivity index (χ3v) is 5.93. The van der Waals surface area contributed by atoms with E-state index in [1.54, 1.807) is 18.2 Å². The molecule has 1 amide bonds. The second kappa shape index (κ2) is 12.6. The lowest BCUT2D eigenvalue weighted by molar-refractivity contribution is 0.0954. The number of nitrogens with zero attached hydrogens (tertiary/aromatic N) is 1. The van der Waals surface area contributed by atoms with E-state index in [-0.39, 0.29) is 0 Å². The Morgan fingerprint density at radius 3 is 2.32 bits per heavy atom. The normalized spacial score (nSPS) is 10.7. The third kappa shape index (κ3) is 7.10. The van der Waals surface area contributed by atoms with Crippen LogP contribution in [0.1, 0.15) is 28.4 Å². The van der Waals surface area contributed by atoms with Crippen LogP contribution < -0.4 is 24.4 Å². The standard InChI is InChI=1S/C25H24BrIN2O5/c1-4-33-23-10-17(9-22(26)24(23)34-15-16-5-7-19(27)8-6-16)14-28-29-25(30)18-11-20(31-2)13-21(12-18)32-3/h5-14H,4,15H2,1-3H3,(H,29,30)/b28-14-. The van der Waals surface area contributed by atoms with Gasteiger partial charge >= 0.3 is 0 Å². The van der Waals surface area contributed by atoms with Crippen LogP contribution in [0.4, 0.5) is 0 Å². The summed E-state index contributed by atoms with van der Waals surface area (Å²) in [5, 5.41) is 4.08. The highest BCUT2D eigenvalue weighted by molar-refractivity contribution is 14.1. The summed E-state index contributed by atoms with van der Waals surface area (Å²) in [6.45, 7) is 2.78. The predicted molar refractivity (Wildman–Crippen MR) is 143 cm³/mol. The molecule has 1 N–H and O–H groups in total. The van der Waals surface area contributed by atoms with Gasteiger partial charge in [-0.2, -0.15) is 5.10 Å². The van der Waals surface area contributed by atoms with Crippen molar-refractivity contribution in [3.05, 3.63) is 79.3 Å². The molecule has 0 radical (unpaired) electrons. The molecular weight excluding hydrogens is 615 g/mol. The maximum absolute atomic E-state index is 12.5. The Morgan fingerprint density at radius 1 is 1.03 bits per heavy atom. The SMILES string of the molecule is CCOc1cc(/C=N\NC(=O)c2cc(OC)cc(OC)c2)cc(Br)c1OCc1ccc(I)cc1. The van der Waals surface area contributed by atoms with Gasteiger partial charge in [0.1, 0.15) is 18.1 Å². The minimum absolute atomic E-state index is 0.365. The number of amides is 1. The molecule has 0 saturated heterocycles. The van der Waals surface area contributed by atoms with E-state index < -0.39 is 5.91 Å². The number of rotatable bonds is 10. The fourth-order valence-corrected chi connectivity index (χ4v) is 3.90. The summed E-state index contributed by atoms with van der Waals surface area (Å²) in [4.78, 5) is 12.5. The number of hydrogen-bond acceptors (Lipinski definition) is 6. The Morgan fingerprint density at radius 2 is 1.71 bits per heavy atom. The Labute approximate surface area is 220 Å². The van der Waals surface area contributed by atoms with Crippen molar-refractivity contribution in [3.63, 3.8) is 0 Å². The molecule has 178 valence electrons. The van der Waals surface area contributed by atoms with Gasteiger partial charge < -0.3 is 18.9 Å². The topological polar surface area (TPSA) is 78.4 Å². The molecule has 3 rings (SSSR count). The van der Waals surface area contributed by atoms with E-state index in [4.69, 9.17) is 18.9 Å². The van der Waals surface area contributed by atoms with Gasteiger partial charge in [-0.3, -0.25) is 4.79 Å². The second-order valence-electron chi connectivity index (χ2n) is 6.98. The number of ether oxygens (including phenoxy) is 4. The van der Waals surface area contributed by atoms with Crippen molar-refractivity contribution >= 4 is 50.6 Å². The highest BCUT2D eigenvalue weighted by Gasteiger charge is 2.13. The number of nitrogens with one attached hydrogen (secondary N) is 1. The van der Waals surface area contributed by atoms with Crippen LogP contribution in [0.2, 0.25) is 0 Å². The molecule has 0 atom stereocenters. The van der Waals surface area contributed by atoms with Gasteiger partial charge in [0.2, 0.25) is 0 Å². The Balaban J connectivity index is 1.73. The monoisotopic (exact) mass is 638 g/mol. The summed E-state index contributed by atoms with van der Waals surface area (Å²) < 4.78 is 24.1. The molecule has 0 saturated carbocycles. The Hall–Kier alpha value is -2.79. The molecule has 3 aromatic carbocycles. The first-order valence-corrected chi connectivity index (χ1v) is 12.2. The molecule has 7 nitrogen and oxygen atoms in total. The maximum atomic E-state index is 12.5. The third-order valence-electron chi connectivity index (χ3n) is 4.62. The van der Waals surface area contributed by atoms with Crippen LogP contribution in [-0.4, -0.2) is 32.9 Å². The van der Waals surface area contributed by atoms with Gasteiger partial charge in [0.15, 0.2) is 11.5 Å². The summed E-state index contributed by atoms with van der Waals surface area (Å²) in [5.74, 6) is 1.81. The average Bonchev–Trinajstić information content (AvgIpc) is 2.84. The highest BCUT2D eigenvalue weighted by Crippen LogP contribution is 2.37. The first-order valence-electron chi connectivity index (χ1n) is 10.3. The van der Waals surface area contributed by atoms with Crippen molar-refractivity contribution in [1.29, 1.82) is 0 Å². The van der Waals surface area contributed by atoms with Crippen molar-refractivity contribution in [1.82, 2.24) is 5.43 Å². The smallest absolute Gasteiger partial charge is 0.271 e. The van der Waals surface area contributed by atoms with Gasteiger partial charge in [0.05, 0.1) is 31.5 Å². The van der Waals surface area contributed by atoms with Crippen LogP contribution in [0.15, 0.2) is 64.2 Å². The molecule has 0 aliphatic carbocycles. The predicted octanol–water partition coefficient (Wildman–Crippen LogP) is 5.81. The number of carbonyl (C=O) groups is 1. The lowest BCUT2D eigenvalue weighted by Gasteiger charge is -2.14. The molecule has 0 aromatic heterocycles. The summed E-state index contributed by atoms with van der Waals surface area (Å²) in [6.07, 6.45) is 1.53. The van der Waals surface area contributed by atoms with E-state index in [1.807, 2.05) is 43.3 Å². The van der Waals surface area contributed by atoms with Crippen LogP contribution in [0.5, 0.6) is 23.0 Å². The van der Waals surface area contributed by atoms with Gasteiger partial charge in [-0.25, -0.2) is 5.43 Å². The van der Waals surface area contributed by atoms with Gasteiger partial charge in [0.25, 0.3) is 5.91 Å². The number of hydrogen-bond donors (Lipinski definition) is 1. The fourth-order valence-electron chi connectivity index (χ4n) is 2.97. The van der Waals surface area contributed by atoms with E-state index in [0.717, 1.165) is 11.1 Å². The number of carbonyl (C=O) groups excluding carboxylic acids is 1. The molecule has 34 heavy (non-hydrogen) atoms. The Bertz CT molecular complexity index is 1150.